The second-order valence-corrected chi connectivity index (χ2v) is 2.43. The van der Waals surface area contributed by atoms with Crippen molar-refractivity contribution >= 4 is 5.91 Å². The predicted molar refractivity (Wildman–Crippen MR) is 37.9 cm³/mol. The standard InChI is InChI=1S/C6H4F7NO.H2O/c7-4(8,2-1-3(14)15)5(9,10)6(11,12)13;/h1-2H,(H2,14,15);1H2/b2-1+;. The lowest BCUT2D eigenvalue weighted by Crippen LogP contribution is -2.50. The lowest BCUT2D eigenvalue weighted by atomic mass is 10.1. The number of nitrogens with two attached hydrogens (primary N) is 1. The van der Waals surface area contributed by atoms with Gasteiger partial charge < -0.3 is 11.2 Å². The van der Waals surface area contributed by atoms with Gasteiger partial charge in [0.15, 0.2) is 0 Å². The van der Waals surface area contributed by atoms with Gasteiger partial charge in [0.25, 0.3) is 0 Å². The number of halogens is 7. The maximum Gasteiger partial charge on any atom is 0.460 e. The summed E-state index contributed by atoms with van der Waals surface area (Å²) >= 11 is 0. The first-order valence-corrected chi connectivity index (χ1v) is 3.23. The largest absolute Gasteiger partial charge is 0.460 e. The molecule has 0 aliphatic carbocycles. The van der Waals surface area contributed by atoms with Crippen LogP contribution in [0.15, 0.2) is 12.2 Å². The number of carbonyl (C=O) groups is 1. The quantitative estimate of drug-likeness (QED) is 0.595. The Kier molecular flexibility index (Phi) is 5.00. The van der Waals surface area contributed by atoms with Crippen LogP contribution in [-0.2, 0) is 4.79 Å². The van der Waals surface area contributed by atoms with E-state index in [9.17, 15) is 35.5 Å². The molecule has 0 aromatic rings. The van der Waals surface area contributed by atoms with Crippen molar-refractivity contribution in [3.05, 3.63) is 12.2 Å². The molecule has 0 aromatic carbocycles. The van der Waals surface area contributed by atoms with Crippen LogP contribution < -0.4 is 5.73 Å². The van der Waals surface area contributed by atoms with E-state index in [1.807, 2.05) is 0 Å². The van der Waals surface area contributed by atoms with Crippen LogP contribution in [0.5, 0.6) is 0 Å². The van der Waals surface area contributed by atoms with E-state index in [2.05, 4.69) is 5.73 Å². The number of allylic oxidation sites excluding steroid dienone is 1. The molecule has 0 saturated heterocycles. The minimum absolute atomic E-state index is 0. The van der Waals surface area contributed by atoms with Crippen LogP contribution in [0.2, 0.25) is 0 Å². The Labute approximate surface area is 84.0 Å². The Morgan fingerprint density at radius 3 is 1.62 bits per heavy atom. The third kappa shape index (κ3) is 3.36. The lowest BCUT2D eigenvalue weighted by Gasteiger charge is -2.25. The van der Waals surface area contributed by atoms with Crippen LogP contribution in [0, 0.1) is 0 Å². The van der Waals surface area contributed by atoms with Crippen molar-refractivity contribution in [2.75, 3.05) is 0 Å². The number of hydrogen-bond acceptors (Lipinski definition) is 1. The summed E-state index contributed by atoms with van der Waals surface area (Å²) in [5, 5.41) is 0. The van der Waals surface area contributed by atoms with E-state index >= 15 is 0 Å². The molecule has 0 unspecified atom stereocenters. The number of amides is 1. The number of carbonyl (C=O) groups excluding carboxylic acids is 1. The number of rotatable bonds is 3. The summed E-state index contributed by atoms with van der Waals surface area (Å²) in [6, 6.07) is 0. The van der Waals surface area contributed by atoms with Gasteiger partial charge in [0.1, 0.15) is 0 Å². The summed E-state index contributed by atoms with van der Waals surface area (Å²) in [5.74, 6) is -13.3. The number of hydrogen-bond donors (Lipinski definition) is 1. The van der Waals surface area contributed by atoms with Crippen molar-refractivity contribution in [2.24, 2.45) is 5.73 Å². The van der Waals surface area contributed by atoms with Crippen molar-refractivity contribution in [2.45, 2.75) is 18.0 Å². The first-order valence-electron chi connectivity index (χ1n) is 3.23. The zero-order chi connectivity index (χ0) is 12.5. The molecule has 0 aromatic heterocycles. The molecular formula is C6H6F7NO2. The van der Waals surface area contributed by atoms with Crippen molar-refractivity contribution in [3.63, 3.8) is 0 Å². The minimum Gasteiger partial charge on any atom is -0.412 e. The van der Waals surface area contributed by atoms with Gasteiger partial charge >= 0.3 is 18.0 Å². The van der Waals surface area contributed by atoms with Gasteiger partial charge in [-0.2, -0.15) is 30.7 Å². The van der Waals surface area contributed by atoms with E-state index in [0.29, 0.717) is 0 Å². The fraction of sp³-hybridized carbons (Fsp3) is 0.500. The van der Waals surface area contributed by atoms with Gasteiger partial charge in [-0.1, -0.05) is 0 Å². The van der Waals surface area contributed by atoms with Gasteiger partial charge in [-0.25, -0.2) is 0 Å². The summed E-state index contributed by atoms with van der Waals surface area (Å²) in [4.78, 5) is 9.90. The monoisotopic (exact) mass is 257 g/mol. The third-order valence-electron chi connectivity index (χ3n) is 1.23. The van der Waals surface area contributed by atoms with Crippen molar-refractivity contribution < 1.29 is 41.0 Å². The van der Waals surface area contributed by atoms with E-state index in [1.54, 1.807) is 0 Å². The number of alkyl halides is 7. The third-order valence-corrected chi connectivity index (χ3v) is 1.23. The maximum atomic E-state index is 12.3. The highest BCUT2D eigenvalue weighted by atomic mass is 19.4. The molecule has 0 radical (unpaired) electrons. The van der Waals surface area contributed by atoms with Crippen molar-refractivity contribution in [3.8, 4) is 0 Å². The molecule has 0 heterocycles. The van der Waals surface area contributed by atoms with Gasteiger partial charge in [0.2, 0.25) is 5.91 Å². The highest BCUT2D eigenvalue weighted by Crippen LogP contribution is 2.46. The smallest absolute Gasteiger partial charge is 0.412 e. The molecule has 0 atom stereocenters. The average Bonchev–Trinajstić information content (AvgIpc) is 1.98. The molecule has 0 saturated carbocycles. The Balaban J connectivity index is 0. The molecule has 0 spiro atoms. The summed E-state index contributed by atoms with van der Waals surface area (Å²) in [5.41, 5.74) is 4.27. The lowest BCUT2D eigenvalue weighted by molar-refractivity contribution is -0.341. The van der Waals surface area contributed by atoms with E-state index < -0.39 is 30.0 Å². The number of primary amides is 1. The molecule has 16 heavy (non-hydrogen) atoms. The molecule has 10 heteroatoms. The molecule has 4 N–H and O–H groups in total. The van der Waals surface area contributed by atoms with Gasteiger partial charge in [-0.3, -0.25) is 4.79 Å². The second-order valence-electron chi connectivity index (χ2n) is 2.43. The molecule has 0 aliphatic heterocycles. The van der Waals surface area contributed by atoms with Crippen LogP contribution in [-0.4, -0.2) is 29.4 Å². The molecule has 0 aliphatic rings. The molecule has 0 rings (SSSR count). The van der Waals surface area contributed by atoms with Gasteiger partial charge in [-0.15, -0.1) is 0 Å². The van der Waals surface area contributed by atoms with E-state index in [-0.39, 0.29) is 11.6 Å². The Hall–Kier alpha value is -1.32. The van der Waals surface area contributed by atoms with Gasteiger partial charge in [0, 0.05) is 6.08 Å². The van der Waals surface area contributed by atoms with Crippen molar-refractivity contribution in [1.82, 2.24) is 0 Å². The highest BCUT2D eigenvalue weighted by molar-refractivity contribution is 5.85. The van der Waals surface area contributed by atoms with Crippen LogP contribution in [0.25, 0.3) is 0 Å². The van der Waals surface area contributed by atoms with E-state index in [0.717, 1.165) is 0 Å². The topological polar surface area (TPSA) is 74.6 Å². The maximum absolute atomic E-state index is 12.3. The summed E-state index contributed by atoms with van der Waals surface area (Å²) in [7, 11) is 0. The normalized spacial score (nSPS) is 13.7. The summed E-state index contributed by atoms with van der Waals surface area (Å²) in [6.45, 7) is 0. The van der Waals surface area contributed by atoms with Gasteiger partial charge in [-0.05, 0) is 6.08 Å². The molecular weight excluding hydrogens is 251 g/mol. The molecule has 0 fully saturated rings. The Morgan fingerprint density at radius 2 is 1.38 bits per heavy atom. The van der Waals surface area contributed by atoms with Crippen LogP contribution in [0.4, 0.5) is 30.7 Å². The van der Waals surface area contributed by atoms with Crippen LogP contribution in [0.3, 0.4) is 0 Å². The summed E-state index contributed by atoms with van der Waals surface area (Å²) < 4.78 is 83.2. The van der Waals surface area contributed by atoms with Crippen LogP contribution in [0.1, 0.15) is 0 Å². The molecule has 3 nitrogen and oxygen atoms in total. The van der Waals surface area contributed by atoms with Crippen LogP contribution >= 0.6 is 0 Å². The van der Waals surface area contributed by atoms with E-state index in [4.69, 9.17) is 0 Å². The van der Waals surface area contributed by atoms with Crippen molar-refractivity contribution in [1.29, 1.82) is 0 Å². The zero-order valence-corrected chi connectivity index (χ0v) is 7.29. The zero-order valence-electron chi connectivity index (χ0n) is 7.29. The van der Waals surface area contributed by atoms with E-state index in [1.165, 1.54) is 0 Å². The molecule has 96 valence electrons. The fourth-order valence-electron chi connectivity index (χ4n) is 0.480. The summed E-state index contributed by atoms with van der Waals surface area (Å²) in [6.07, 6.45) is -7.57. The minimum atomic E-state index is -6.42. The molecule has 0 bridgehead atoms. The average molecular weight is 257 g/mol. The highest BCUT2D eigenvalue weighted by Gasteiger charge is 2.71. The Bertz CT molecular complexity index is 283. The first-order chi connectivity index (χ1) is 6.42. The SMILES string of the molecule is NC(=O)/C=C/C(F)(F)C(F)(F)C(F)(F)F.O. The Morgan fingerprint density at radius 1 is 1.00 bits per heavy atom. The fourth-order valence-corrected chi connectivity index (χ4v) is 0.480. The molecule has 1 amide bonds. The van der Waals surface area contributed by atoms with Gasteiger partial charge in [0.05, 0.1) is 0 Å². The predicted octanol–water partition coefficient (Wildman–Crippen LogP) is 1.04. The first kappa shape index (κ1) is 17.1. The second kappa shape index (κ2) is 4.68.